The van der Waals surface area contributed by atoms with Gasteiger partial charge in [0.1, 0.15) is 4.34 Å². The second-order valence-corrected chi connectivity index (χ2v) is 6.49. The number of thiophene rings is 1. The molecule has 1 atom stereocenters. The summed E-state index contributed by atoms with van der Waals surface area (Å²) in [5, 5.41) is 3.14. The van der Waals surface area contributed by atoms with Crippen molar-refractivity contribution >= 4 is 40.4 Å². The van der Waals surface area contributed by atoms with Gasteiger partial charge in [0.2, 0.25) is 0 Å². The van der Waals surface area contributed by atoms with E-state index in [2.05, 4.69) is 5.32 Å². The molecule has 0 aliphatic carbocycles. The van der Waals surface area contributed by atoms with Crippen molar-refractivity contribution in [2.45, 2.75) is 6.42 Å². The molecule has 3 nitrogen and oxygen atoms in total. The van der Waals surface area contributed by atoms with Gasteiger partial charge in [0.15, 0.2) is 0 Å². The molecular formula is C11H14Cl2N2OS. The quantitative estimate of drug-likeness (QED) is 0.929. The van der Waals surface area contributed by atoms with Gasteiger partial charge < -0.3 is 10.2 Å². The molecule has 1 aliphatic rings. The minimum Gasteiger partial charge on any atom is -0.338 e. The fraction of sp³-hybridized carbons (Fsp3) is 0.545. The molecule has 2 heterocycles. The van der Waals surface area contributed by atoms with E-state index in [0.717, 1.165) is 26.1 Å². The van der Waals surface area contributed by atoms with Crippen molar-refractivity contribution in [1.29, 1.82) is 0 Å². The summed E-state index contributed by atoms with van der Waals surface area (Å²) < 4.78 is 1.04. The Labute approximate surface area is 115 Å². The molecule has 1 aliphatic heterocycles. The predicted molar refractivity (Wildman–Crippen MR) is 72.3 cm³/mol. The number of nitrogens with one attached hydrogen (secondary N) is 1. The lowest BCUT2D eigenvalue weighted by atomic mass is 10.1. The van der Waals surface area contributed by atoms with Crippen LogP contribution in [0.25, 0.3) is 0 Å². The van der Waals surface area contributed by atoms with Gasteiger partial charge in [-0.25, -0.2) is 0 Å². The first kappa shape index (κ1) is 13.1. The first-order valence-corrected chi connectivity index (χ1v) is 7.07. The highest BCUT2D eigenvalue weighted by Crippen LogP contribution is 2.32. The van der Waals surface area contributed by atoms with Crippen molar-refractivity contribution in [3.8, 4) is 0 Å². The molecule has 17 heavy (non-hydrogen) atoms. The molecule has 1 unspecified atom stereocenters. The average Bonchev–Trinajstić information content (AvgIpc) is 2.85. The molecule has 0 aromatic carbocycles. The van der Waals surface area contributed by atoms with Gasteiger partial charge in [0.05, 0.1) is 9.90 Å². The summed E-state index contributed by atoms with van der Waals surface area (Å²) in [5.41, 5.74) is 0.534. The molecule has 6 heteroatoms. The number of nitrogens with zero attached hydrogens (tertiary/aromatic N) is 1. The van der Waals surface area contributed by atoms with Crippen molar-refractivity contribution in [1.82, 2.24) is 10.2 Å². The van der Waals surface area contributed by atoms with E-state index in [1.165, 1.54) is 11.3 Å². The van der Waals surface area contributed by atoms with E-state index in [4.69, 9.17) is 23.2 Å². The number of carbonyl (C=O) groups is 1. The van der Waals surface area contributed by atoms with E-state index in [1.807, 2.05) is 11.9 Å². The standard InChI is InChI=1S/C11H14Cl2N2OS/c1-14-5-7-2-3-15(6-7)11(16)8-4-9(12)17-10(8)13/h4,7,14H,2-3,5-6H2,1H3. The number of carbonyl (C=O) groups excluding carboxylic acids is 1. The van der Waals surface area contributed by atoms with Crippen molar-refractivity contribution in [3.05, 3.63) is 20.3 Å². The van der Waals surface area contributed by atoms with Gasteiger partial charge in [-0.2, -0.15) is 0 Å². The summed E-state index contributed by atoms with van der Waals surface area (Å²) in [6.07, 6.45) is 1.04. The Morgan fingerprint density at radius 3 is 3.00 bits per heavy atom. The summed E-state index contributed by atoms with van der Waals surface area (Å²) in [5.74, 6) is 0.536. The van der Waals surface area contributed by atoms with Crippen LogP contribution < -0.4 is 5.32 Å². The Morgan fingerprint density at radius 2 is 2.41 bits per heavy atom. The second-order valence-electron chi connectivity index (χ2n) is 4.20. The van der Waals surface area contributed by atoms with Crippen LogP contribution in [0.3, 0.4) is 0 Å². The number of hydrogen-bond acceptors (Lipinski definition) is 3. The highest BCUT2D eigenvalue weighted by Gasteiger charge is 2.28. The van der Waals surface area contributed by atoms with E-state index in [0.29, 0.717) is 20.2 Å². The zero-order valence-electron chi connectivity index (χ0n) is 9.50. The fourth-order valence-corrected chi connectivity index (χ4v) is 3.58. The lowest BCUT2D eigenvalue weighted by Gasteiger charge is -2.16. The Balaban J connectivity index is 2.04. The fourth-order valence-electron chi connectivity index (χ4n) is 2.13. The first-order chi connectivity index (χ1) is 8.11. The molecule has 1 amide bonds. The third-order valence-electron chi connectivity index (χ3n) is 2.95. The zero-order valence-corrected chi connectivity index (χ0v) is 11.8. The van der Waals surface area contributed by atoms with E-state index in [9.17, 15) is 4.79 Å². The Morgan fingerprint density at radius 1 is 1.65 bits per heavy atom. The largest absolute Gasteiger partial charge is 0.338 e. The van der Waals surface area contributed by atoms with Crippen molar-refractivity contribution in [2.75, 3.05) is 26.7 Å². The Hall–Kier alpha value is -0.290. The van der Waals surface area contributed by atoms with Crippen LogP contribution in [0.2, 0.25) is 8.67 Å². The minimum atomic E-state index is -0.00301. The molecule has 1 saturated heterocycles. The number of likely N-dealkylation sites (tertiary alicyclic amines) is 1. The summed E-state index contributed by atoms with van der Waals surface area (Å²) in [4.78, 5) is 14.1. The molecule has 0 spiro atoms. The van der Waals surface area contributed by atoms with Crippen LogP contribution in [0.15, 0.2) is 6.07 Å². The van der Waals surface area contributed by atoms with Gasteiger partial charge in [-0.05, 0) is 32.0 Å². The summed E-state index contributed by atoms with van der Waals surface area (Å²) in [6, 6.07) is 1.66. The van der Waals surface area contributed by atoms with Gasteiger partial charge in [-0.3, -0.25) is 4.79 Å². The SMILES string of the molecule is CNCC1CCN(C(=O)c2cc(Cl)sc2Cl)C1. The van der Waals surface area contributed by atoms with Crippen LogP contribution in [0.1, 0.15) is 16.8 Å². The van der Waals surface area contributed by atoms with Crippen molar-refractivity contribution < 1.29 is 4.79 Å². The summed E-state index contributed by atoms with van der Waals surface area (Å²) >= 11 is 13.1. The number of rotatable bonds is 3. The van der Waals surface area contributed by atoms with Crippen molar-refractivity contribution in [3.63, 3.8) is 0 Å². The van der Waals surface area contributed by atoms with E-state index >= 15 is 0 Å². The van der Waals surface area contributed by atoms with Crippen LogP contribution in [-0.2, 0) is 0 Å². The van der Waals surface area contributed by atoms with E-state index in [1.54, 1.807) is 6.07 Å². The number of hydrogen-bond donors (Lipinski definition) is 1. The maximum atomic E-state index is 12.2. The third kappa shape index (κ3) is 2.94. The maximum Gasteiger partial charge on any atom is 0.256 e. The minimum absolute atomic E-state index is 0.00301. The summed E-state index contributed by atoms with van der Waals surface area (Å²) in [6.45, 7) is 2.54. The van der Waals surface area contributed by atoms with Crippen molar-refractivity contribution in [2.24, 2.45) is 5.92 Å². The molecular weight excluding hydrogens is 279 g/mol. The Kier molecular flexibility index (Phi) is 4.31. The van der Waals surface area contributed by atoms with Gasteiger partial charge >= 0.3 is 0 Å². The highest BCUT2D eigenvalue weighted by molar-refractivity contribution is 7.20. The predicted octanol–water partition coefficient (Wildman–Crippen LogP) is 2.74. The number of amides is 1. The monoisotopic (exact) mass is 292 g/mol. The lowest BCUT2D eigenvalue weighted by Crippen LogP contribution is -2.30. The first-order valence-electron chi connectivity index (χ1n) is 5.50. The molecule has 1 fully saturated rings. The maximum absolute atomic E-state index is 12.2. The van der Waals surface area contributed by atoms with Gasteiger partial charge in [-0.1, -0.05) is 23.2 Å². The molecule has 0 saturated carbocycles. The highest BCUT2D eigenvalue weighted by atomic mass is 35.5. The summed E-state index contributed by atoms with van der Waals surface area (Å²) in [7, 11) is 1.93. The van der Waals surface area contributed by atoms with Crippen LogP contribution in [-0.4, -0.2) is 37.5 Å². The molecule has 94 valence electrons. The van der Waals surface area contributed by atoms with E-state index in [-0.39, 0.29) is 5.91 Å². The lowest BCUT2D eigenvalue weighted by molar-refractivity contribution is 0.0788. The molecule has 1 aromatic rings. The van der Waals surface area contributed by atoms with E-state index < -0.39 is 0 Å². The topological polar surface area (TPSA) is 32.3 Å². The van der Waals surface area contributed by atoms with Gasteiger partial charge in [0, 0.05) is 13.1 Å². The number of halogens is 2. The van der Waals surface area contributed by atoms with Gasteiger partial charge in [0.25, 0.3) is 5.91 Å². The molecule has 1 aromatic heterocycles. The molecule has 2 rings (SSSR count). The van der Waals surface area contributed by atoms with Crippen LogP contribution in [0.4, 0.5) is 0 Å². The van der Waals surface area contributed by atoms with Crippen LogP contribution in [0.5, 0.6) is 0 Å². The Bertz CT molecular complexity index is 422. The molecule has 1 N–H and O–H groups in total. The second kappa shape index (κ2) is 5.57. The zero-order chi connectivity index (χ0) is 12.4. The van der Waals surface area contributed by atoms with Crippen LogP contribution in [0, 0.1) is 5.92 Å². The molecule has 0 radical (unpaired) electrons. The van der Waals surface area contributed by atoms with Crippen LogP contribution >= 0.6 is 34.5 Å². The smallest absolute Gasteiger partial charge is 0.256 e. The average molecular weight is 293 g/mol. The normalized spacial score (nSPS) is 19.9. The molecule has 0 bridgehead atoms. The van der Waals surface area contributed by atoms with Gasteiger partial charge in [-0.15, -0.1) is 11.3 Å². The third-order valence-corrected chi connectivity index (χ3v) is 4.44.